The van der Waals surface area contributed by atoms with Gasteiger partial charge in [-0.1, -0.05) is 30.3 Å². The van der Waals surface area contributed by atoms with E-state index < -0.39 is 5.91 Å². The minimum Gasteiger partial charge on any atom is -0.496 e. The maximum Gasteiger partial charge on any atom is 0.271 e. The van der Waals surface area contributed by atoms with Crippen molar-refractivity contribution in [2.24, 2.45) is 0 Å². The number of hydrogen-bond acceptors (Lipinski definition) is 3. The van der Waals surface area contributed by atoms with Crippen LogP contribution in [0.4, 0.5) is 0 Å². The topological polar surface area (TPSA) is 58.6 Å². The van der Waals surface area contributed by atoms with E-state index in [-0.39, 0.29) is 0 Å². The summed E-state index contributed by atoms with van der Waals surface area (Å²) in [5.74, 6) is -0.220. The van der Waals surface area contributed by atoms with E-state index >= 15 is 0 Å². The normalized spacial score (nSPS) is 10.9. The number of rotatable bonds is 3. The summed E-state index contributed by atoms with van der Waals surface area (Å²) in [5.41, 5.74) is 2.28. The molecule has 1 aromatic carbocycles. The first-order valence-electron chi connectivity index (χ1n) is 4.03. The Hall–Kier alpha value is -1.81. The Labute approximate surface area is 81.8 Å². The fraction of sp³-hybridized carbons (Fsp3) is 0.100. The van der Waals surface area contributed by atoms with E-state index in [4.69, 9.17) is 9.94 Å². The quantitative estimate of drug-likeness (QED) is 0.328. The zero-order valence-corrected chi connectivity index (χ0v) is 7.73. The molecule has 2 N–H and O–H groups in total. The van der Waals surface area contributed by atoms with Gasteiger partial charge in [0.05, 0.1) is 7.11 Å². The van der Waals surface area contributed by atoms with Crippen molar-refractivity contribution in [1.82, 2.24) is 5.48 Å². The fourth-order valence-corrected chi connectivity index (χ4v) is 1.01. The monoisotopic (exact) mass is 193 g/mol. The first-order valence-corrected chi connectivity index (χ1v) is 4.03. The van der Waals surface area contributed by atoms with Gasteiger partial charge < -0.3 is 4.74 Å². The third-order valence-electron chi connectivity index (χ3n) is 1.65. The molecule has 0 heterocycles. The van der Waals surface area contributed by atoms with Crippen molar-refractivity contribution in [3.8, 4) is 0 Å². The molecule has 1 rings (SSSR count). The van der Waals surface area contributed by atoms with E-state index in [9.17, 15) is 4.79 Å². The van der Waals surface area contributed by atoms with E-state index in [0.29, 0.717) is 5.76 Å². The lowest BCUT2D eigenvalue weighted by Crippen LogP contribution is -2.16. The summed E-state index contributed by atoms with van der Waals surface area (Å²) < 4.78 is 5.00. The Morgan fingerprint density at radius 2 is 2.07 bits per heavy atom. The number of hydroxylamine groups is 1. The molecule has 0 bridgehead atoms. The number of benzene rings is 1. The highest BCUT2D eigenvalue weighted by atomic mass is 16.5. The van der Waals surface area contributed by atoms with Crippen molar-refractivity contribution in [1.29, 1.82) is 0 Å². The second-order valence-corrected chi connectivity index (χ2v) is 2.55. The van der Waals surface area contributed by atoms with Crippen LogP contribution in [0.25, 0.3) is 5.76 Å². The number of methoxy groups -OCH3 is 1. The third-order valence-corrected chi connectivity index (χ3v) is 1.65. The van der Waals surface area contributed by atoms with Crippen LogP contribution in [0, 0.1) is 0 Å². The summed E-state index contributed by atoms with van der Waals surface area (Å²) in [7, 11) is 1.46. The molecule has 4 heteroatoms. The highest BCUT2D eigenvalue weighted by Gasteiger charge is 2.02. The van der Waals surface area contributed by atoms with Gasteiger partial charge in [-0.3, -0.25) is 10.0 Å². The molecule has 0 aliphatic carbocycles. The fourth-order valence-electron chi connectivity index (χ4n) is 1.01. The average molecular weight is 193 g/mol. The van der Waals surface area contributed by atoms with Gasteiger partial charge in [-0.2, -0.15) is 0 Å². The largest absolute Gasteiger partial charge is 0.496 e. The van der Waals surface area contributed by atoms with Crippen LogP contribution in [0.3, 0.4) is 0 Å². The summed E-state index contributed by atoms with van der Waals surface area (Å²) in [4.78, 5) is 10.8. The van der Waals surface area contributed by atoms with Crippen LogP contribution in [-0.4, -0.2) is 18.2 Å². The summed E-state index contributed by atoms with van der Waals surface area (Å²) in [6, 6.07) is 9.14. The second kappa shape index (κ2) is 5.04. The lowest BCUT2D eigenvalue weighted by molar-refractivity contribution is -0.124. The molecule has 74 valence electrons. The third kappa shape index (κ3) is 2.60. The van der Waals surface area contributed by atoms with Gasteiger partial charge >= 0.3 is 0 Å². The predicted molar refractivity (Wildman–Crippen MR) is 51.4 cm³/mol. The Bertz CT molecular complexity index is 332. The predicted octanol–water partition coefficient (Wildman–Crippen LogP) is 1.18. The highest BCUT2D eigenvalue weighted by Crippen LogP contribution is 2.13. The molecular weight excluding hydrogens is 182 g/mol. The molecule has 4 nitrogen and oxygen atoms in total. The maximum absolute atomic E-state index is 10.8. The summed E-state index contributed by atoms with van der Waals surface area (Å²) in [5, 5.41) is 8.33. The standard InChI is InChI=1S/C10H11NO3/c1-14-9(7-10(12)11-13)8-5-3-2-4-6-8/h2-7,13H,1H3,(H,11,12)/b9-7-. The van der Waals surface area contributed by atoms with Gasteiger partial charge in [-0.05, 0) is 0 Å². The maximum atomic E-state index is 10.8. The van der Waals surface area contributed by atoms with Gasteiger partial charge in [0.1, 0.15) is 5.76 Å². The van der Waals surface area contributed by atoms with E-state index in [1.807, 2.05) is 18.2 Å². The van der Waals surface area contributed by atoms with Crippen molar-refractivity contribution in [3.63, 3.8) is 0 Å². The Morgan fingerprint density at radius 1 is 1.43 bits per heavy atom. The van der Waals surface area contributed by atoms with Crippen molar-refractivity contribution >= 4 is 11.7 Å². The molecule has 14 heavy (non-hydrogen) atoms. The molecule has 0 fully saturated rings. The van der Waals surface area contributed by atoms with E-state index in [2.05, 4.69) is 0 Å². The molecule has 1 amide bonds. The van der Waals surface area contributed by atoms with Crippen molar-refractivity contribution in [3.05, 3.63) is 42.0 Å². The lowest BCUT2D eigenvalue weighted by Gasteiger charge is -2.04. The SMILES string of the molecule is CO/C(=C\C(=O)NO)c1ccccc1. The Balaban J connectivity index is 2.93. The van der Waals surface area contributed by atoms with E-state index in [1.165, 1.54) is 18.7 Å². The van der Waals surface area contributed by atoms with Crippen molar-refractivity contribution in [2.45, 2.75) is 0 Å². The first-order chi connectivity index (χ1) is 6.77. The summed E-state index contributed by atoms with van der Waals surface area (Å²) >= 11 is 0. The van der Waals surface area contributed by atoms with Gasteiger partial charge in [-0.25, -0.2) is 5.48 Å². The molecule has 0 aromatic heterocycles. The zero-order valence-electron chi connectivity index (χ0n) is 7.73. The molecule has 0 saturated carbocycles. The number of nitrogens with one attached hydrogen (secondary N) is 1. The van der Waals surface area contributed by atoms with Crippen LogP contribution in [-0.2, 0) is 9.53 Å². The van der Waals surface area contributed by atoms with Crippen LogP contribution >= 0.6 is 0 Å². The Kier molecular flexibility index (Phi) is 3.69. The van der Waals surface area contributed by atoms with Crippen molar-refractivity contribution < 1.29 is 14.7 Å². The minimum absolute atomic E-state index is 0.400. The Morgan fingerprint density at radius 3 is 2.57 bits per heavy atom. The van der Waals surface area contributed by atoms with Gasteiger partial charge in [0.15, 0.2) is 0 Å². The lowest BCUT2D eigenvalue weighted by atomic mass is 10.2. The average Bonchev–Trinajstić information content (AvgIpc) is 2.26. The van der Waals surface area contributed by atoms with Gasteiger partial charge in [0.25, 0.3) is 5.91 Å². The van der Waals surface area contributed by atoms with Crippen molar-refractivity contribution in [2.75, 3.05) is 7.11 Å². The molecule has 0 atom stereocenters. The molecule has 0 aliphatic heterocycles. The van der Waals surface area contributed by atoms with E-state index in [0.717, 1.165) is 5.56 Å². The molecular formula is C10H11NO3. The smallest absolute Gasteiger partial charge is 0.271 e. The summed E-state index contributed by atoms with van der Waals surface area (Å²) in [6.07, 6.45) is 1.18. The molecule has 1 aromatic rings. The molecule has 0 spiro atoms. The molecule has 0 aliphatic rings. The van der Waals surface area contributed by atoms with Gasteiger partial charge in [0.2, 0.25) is 0 Å². The molecule has 0 radical (unpaired) electrons. The van der Waals surface area contributed by atoms with Crippen LogP contribution in [0.15, 0.2) is 36.4 Å². The first kappa shape index (κ1) is 10.3. The van der Waals surface area contributed by atoms with E-state index in [1.54, 1.807) is 12.1 Å². The summed E-state index contributed by atoms with van der Waals surface area (Å²) in [6.45, 7) is 0. The van der Waals surface area contributed by atoms with Gasteiger partial charge in [0, 0.05) is 11.6 Å². The molecule has 0 saturated heterocycles. The van der Waals surface area contributed by atoms with Crippen LogP contribution in [0.5, 0.6) is 0 Å². The van der Waals surface area contributed by atoms with Crippen LogP contribution < -0.4 is 5.48 Å². The van der Waals surface area contributed by atoms with Crippen LogP contribution in [0.2, 0.25) is 0 Å². The zero-order chi connectivity index (χ0) is 10.4. The highest BCUT2D eigenvalue weighted by molar-refractivity contribution is 5.93. The van der Waals surface area contributed by atoms with Crippen LogP contribution in [0.1, 0.15) is 5.56 Å². The number of ether oxygens (including phenoxy) is 1. The number of hydrogen-bond donors (Lipinski definition) is 2. The number of carbonyl (C=O) groups is 1. The van der Waals surface area contributed by atoms with Gasteiger partial charge in [-0.15, -0.1) is 0 Å². The molecule has 0 unspecified atom stereocenters. The number of carbonyl (C=O) groups excluding carboxylic acids is 1. The minimum atomic E-state index is -0.620. The number of amides is 1. The second-order valence-electron chi connectivity index (χ2n) is 2.55.